The van der Waals surface area contributed by atoms with Crippen LogP contribution in [0, 0.1) is 0 Å². The van der Waals surface area contributed by atoms with Crippen LogP contribution in [-0.4, -0.2) is 61.7 Å². The Labute approximate surface area is 172 Å². The minimum atomic E-state index is -1.52. The van der Waals surface area contributed by atoms with Crippen LogP contribution in [0.4, 0.5) is 5.69 Å². The average Bonchev–Trinajstić information content (AvgIpc) is 2.66. The Hall–Kier alpha value is -3.34. The minimum Gasteiger partial charge on any atom is -0.467 e. The number of rotatable bonds is 6. The summed E-state index contributed by atoms with van der Waals surface area (Å²) in [4.78, 5) is 47.3. The normalized spacial score (nSPS) is 25.5. The quantitative estimate of drug-likeness (QED) is 0.382. The lowest BCUT2D eigenvalue weighted by atomic mass is 9.97. The molecule has 2 rings (SSSR count). The first-order chi connectivity index (χ1) is 14.1. The van der Waals surface area contributed by atoms with E-state index in [0.29, 0.717) is 5.69 Å². The number of ether oxygens (including phenoxy) is 6. The SMILES string of the molecule is COC(=O)C1O[C@@H](Oc2ccc(N)cc2)[C@@H](OC(C)=O)[C@@H](OC(C)=O)[C@@H]1OC(C)=O. The van der Waals surface area contributed by atoms with Crippen LogP contribution in [0.5, 0.6) is 5.75 Å². The Balaban J connectivity index is 2.47. The van der Waals surface area contributed by atoms with Gasteiger partial charge in [-0.1, -0.05) is 0 Å². The van der Waals surface area contributed by atoms with Gasteiger partial charge in [0.25, 0.3) is 0 Å². The first-order valence-electron chi connectivity index (χ1n) is 8.89. The van der Waals surface area contributed by atoms with Crippen LogP contribution in [-0.2, 0) is 42.9 Å². The lowest BCUT2D eigenvalue weighted by Gasteiger charge is -2.43. The summed E-state index contributed by atoms with van der Waals surface area (Å²) < 4.78 is 31.7. The molecule has 164 valence electrons. The molecule has 0 radical (unpaired) electrons. The van der Waals surface area contributed by atoms with Gasteiger partial charge < -0.3 is 34.2 Å². The molecule has 0 aromatic heterocycles. The Kier molecular flexibility index (Phi) is 7.59. The standard InChI is InChI=1S/C19H23NO10/c1-9(21)26-14-15(27-10(2)22)17(28-11(3)23)19(30-16(14)18(24)25-4)29-13-7-5-12(20)6-8-13/h5-8,14-17,19H,20H2,1-4H3/t14-,15-,16?,17-,19+/m0/s1. The third-order valence-corrected chi connectivity index (χ3v) is 3.97. The number of methoxy groups -OCH3 is 1. The van der Waals surface area contributed by atoms with E-state index in [1.807, 2.05) is 0 Å². The number of hydrogen-bond acceptors (Lipinski definition) is 11. The molecule has 1 fully saturated rings. The average molecular weight is 425 g/mol. The number of carbonyl (C=O) groups is 4. The summed E-state index contributed by atoms with van der Waals surface area (Å²) in [5.74, 6) is -2.95. The molecule has 1 saturated heterocycles. The maximum absolute atomic E-state index is 12.3. The van der Waals surface area contributed by atoms with Gasteiger partial charge in [-0.25, -0.2) is 4.79 Å². The van der Waals surface area contributed by atoms with Gasteiger partial charge in [-0.05, 0) is 24.3 Å². The number of hydrogen-bond donors (Lipinski definition) is 1. The van der Waals surface area contributed by atoms with Crippen LogP contribution in [0.2, 0.25) is 0 Å². The van der Waals surface area contributed by atoms with Crippen molar-refractivity contribution in [3.8, 4) is 5.75 Å². The zero-order valence-electron chi connectivity index (χ0n) is 16.9. The van der Waals surface area contributed by atoms with Crippen molar-refractivity contribution < 1.29 is 47.6 Å². The van der Waals surface area contributed by atoms with E-state index in [1.165, 1.54) is 12.1 Å². The molecule has 0 aliphatic carbocycles. The minimum absolute atomic E-state index is 0.266. The molecule has 30 heavy (non-hydrogen) atoms. The number of esters is 4. The predicted molar refractivity (Wildman–Crippen MR) is 98.8 cm³/mol. The van der Waals surface area contributed by atoms with Crippen molar-refractivity contribution in [2.45, 2.75) is 51.5 Å². The molecular formula is C19H23NO10. The summed E-state index contributed by atoms with van der Waals surface area (Å²) in [5, 5.41) is 0. The summed E-state index contributed by atoms with van der Waals surface area (Å²) in [7, 11) is 1.10. The molecule has 0 spiro atoms. The lowest BCUT2D eigenvalue weighted by molar-refractivity contribution is -0.282. The van der Waals surface area contributed by atoms with Crippen LogP contribution < -0.4 is 10.5 Å². The highest BCUT2D eigenvalue weighted by Gasteiger charge is 2.55. The van der Waals surface area contributed by atoms with Gasteiger partial charge in [0.1, 0.15) is 5.75 Å². The molecule has 1 aromatic carbocycles. The fourth-order valence-corrected chi connectivity index (χ4v) is 2.86. The highest BCUT2D eigenvalue weighted by Crippen LogP contribution is 2.31. The summed E-state index contributed by atoms with van der Waals surface area (Å²) in [6, 6.07) is 6.16. The van der Waals surface area contributed by atoms with E-state index in [2.05, 4.69) is 0 Å². The molecule has 1 heterocycles. The third-order valence-electron chi connectivity index (χ3n) is 3.97. The molecule has 1 aliphatic heterocycles. The number of nitrogen functional groups attached to an aromatic ring is 1. The number of nitrogens with two attached hydrogens (primary N) is 1. The summed E-state index contributed by atoms with van der Waals surface area (Å²) >= 11 is 0. The predicted octanol–water partition coefficient (Wildman–Crippen LogP) is 0.341. The molecule has 1 unspecified atom stereocenters. The smallest absolute Gasteiger partial charge is 0.339 e. The molecule has 0 amide bonds. The van der Waals surface area contributed by atoms with E-state index in [-0.39, 0.29) is 5.75 Å². The molecule has 11 nitrogen and oxygen atoms in total. The van der Waals surface area contributed by atoms with E-state index in [4.69, 9.17) is 34.2 Å². The Morgan fingerprint density at radius 2 is 1.33 bits per heavy atom. The van der Waals surface area contributed by atoms with Crippen molar-refractivity contribution in [2.75, 3.05) is 12.8 Å². The van der Waals surface area contributed by atoms with Crippen molar-refractivity contribution in [2.24, 2.45) is 0 Å². The topological polar surface area (TPSA) is 150 Å². The highest BCUT2D eigenvalue weighted by atomic mass is 16.7. The Morgan fingerprint density at radius 1 is 0.833 bits per heavy atom. The van der Waals surface area contributed by atoms with Gasteiger partial charge in [-0.2, -0.15) is 0 Å². The van der Waals surface area contributed by atoms with Crippen molar-refractivity contribution >= 4 is 29.6 Å². The molecule has 1 aromatic rings. The van der Waals surface area contributed by atoms with Gasteiger partial charge >= 0.3 is 23.9 Å². The first-order valence-corrected chi connectivity index (χ1v) is 8.89. The fraction of sp³-hybridized carbons (Fsp3) is 0.474. The molecule has 11 heteroatoms. The van der Waals surface area contributed by atoms with Crippen molar-refractivity contribution in [3.63, 3.8) is 0 Å². The van der Waals surface area contributed by atoms with Gasteiger partial charge in [0.05, 0.1) is 7.11 Å². The first kappa shape index (κ1) is 22.9. The van der Waals surface area contributed by atoms with Crippen LogP contribution in [0.15, 0.2) is 24.3 Å². The van der Waals surface area contributed by atoms with Crippen LogP contribution in [0.1, 0.15) is 20.8 Å². The van der Waals surface area contributed by atoms with E-state index in [0.717, 1.165) is 27.9 Å². The van der Waals surface area contributed by atoms with Crippen LogP contribution >= 0.6 is 0 Å². The monoisotopic (exact) mass is 425 g/mol. The molecule has 5 atom stereocenters. The second-order valence-electron chi connectivity index (χ2n) is 6.36. The summed E-state index contributed by atoms with van der Waals surface area (Å²) in [6.07, 6.45) is -7.15. The Morgan fingerprint density at radius 3 is 1.83 bits per heavy atom. The lowest BCUT2D eigenvalue weighted by Crippen LogP contribution is -2.64. The largest absolute Gasteiger partial charge is 0.467 e. The van der Waals surface area contributed by atoms with Crippen molar-refractivity contribution in [1.29, 1.82) is 0 Å². The highest BCUT2D eigenvalue weighted by molar-refractivity contribution is 5.77. The van der Waals surface area contributed by atoms with Crippen molar-refractivity contribution in [3.05, 3.63) is 24.3 Å². The van der Waals surface area contributed by atoms with E-state index in [9.17, 15) is 19.2 Å². The molecule has 2 N–H and O–H groups in total. The number of anilines is 1. The van der Waals surface area contributed by atoms with Gasteiger partial charge in [-0.15, -0.1) is 0 Å². The fourth-order valence-electron chi connectivity index (χ4n) is 2.86. The van der Waals surface area contributed by atoms with Crippen LogP contribution in [0.3, 0.4) is 0 Å². The van der Waals surface area contributed by atoms with Crippen LogP contribution in [0.25, 0.3) is 0 Å². The van der Waals surface area contributed by atoms with E-state index < -0.39 is 54.6 Å². The molecule has 0 bridgehead atoms. The van der Waals surface area contributed by atoms with E-state index >= 15 is 0 Å². The van der Waals surface area contributed by atoms with Gasteiger partial charge in [0, 0.05) is 26.5 Å². The number of benzene rings is 1. The maximum Gasteiger partial charge on any atom is 0.339 e. The second-order valence-corrected chi connectivity index (χ2v) is 6.36. The maximum atomic E-state index is 12.3. The van der Waals surface area contributed by atoms with Gasteiger partial charge in [-0.3, -0.25) is 14.4 Å². The third kappa shape index (κ3) is 5.83. The van der Waals surface area contributed by atoms with E-state index in [1.54, 1.807) is 12.1 Å². The van der Waals surface area contributed by atoms with Gasteiger partial charge in [0.2, 0.25) is 12.4 Å². The number of carbonyl (C=O) groups excluding carboxylic acids is 4. The molecule has 0 saturated carbocycles. The van der Waals surface area contributed by atoms with Crippen molar-refractivity contribution in [1.82, 2.24) is 0 Å². The zero-order chi connectivity index (χ0) is 22.4. The second kappa shape index (κ2) is 9.92. The van der Waals surface area contributed by atoms with Gasteiger partial charge in [0.15, 0.2) is 18.3 Å². The Bertz CT molecular complexity index is 793. The zero-order valence-corrected chi connectivity index (χ0v) is 16.9. The molecular weight excluding hydrogens is 402 g/mol. The summed E-state index contributed by atoms with van der Waals surface area (Å²) in [5.41, 5.74) is 6.13. The molecule has 1 aliphatic rings. The summed E-state index contributed by atoms with van der Waals surface area (Å²) in [6.45, 7) is 3.32.